The number of aromatic amines is 1. The zero-order valence-corrected chi connectivity index (χ0v) is 14.7. The van der Waals surface area contributed by atoms with Gasteiger partial charge in [-0.2, -0.15) is 0 Å². The number of nitrogens with one attached hydrogen (secondary N) is 1. The number of fused-ring (bicyclic) bond motifs is 1. The molecule has 0 aromatic carbocycles. The molecule has 1 aliphatic rings. The van der Waals surface area contributed by atoms with Crippen LogP contribution in [-0.2, 0) is 6.54 Å². The van der Waals surface area contributed by atoms with Gasteiger partial charge in [-0.25, -0.2) is 4.98 Å². The minimum absolute atomic E-state index is 0.0145. The molecule has 1 fully saturated rings. The fourth-order valence-electron chi connectivity index (χ4n) is 3.27. The molecule has 0 amide bonds. The molecule has 0 spiro atoms. The summed E-state index contributed by atoms with van der Waals surface area (Å²) in [6, 6.07) is 4.63. The number of hydrogen-bond donors (Lipinski definition) is 1. The van der Waals surface area contributed by atoms with E-state index in [0.717, 1.165) is 39.6 Å². The summed E-state index contributed by atoms with van der Waals surface area (Å²) in [7, 11) is 0. The molecule has 1 atom stereocenters. The van der Waals surface area contributed by atoms with Gasteiger partial charge in [0.15, 0.2) is 0 Å². The van der Waals surface area contributed by atoms with E-state index in [0.29, 0.717) is 6.04 Å². The first kappa shape index (κ1) is 15.1. The monoisotopic (exact) mass is 345 g/mol. The van der Waals surface area contributed by atoms with Crippen LogP contribution < -0.4 is 5.56 Å². The van der Waals surface area contributed by atoms with Crippen molar-refractivity contribution in [3.05, 3.63) is 39.1 Å². The van der Waals surface area contributed by atoms with Crippen molar-refractivity contribution in [2.75, 3.05) is 6.54 Å². The van der Waals surface area contributed by atoms with Gasteiger partial charge in [-0.05, 0) is 37.8 Å². The van der Waals surface area contributed by atoms with Crippen molar-refractivity contribution in [3.63, 3.8) is 0 Å². The van der Waals surface area contributed by atoms with Crippen molar-refractivity contribution >= 4 is 32.9 Å². The number of aromatic nitrogens is 2. The number of piperidine rings is 1. The highest BCUT2D eigenvalue weighted by Gasteiger charge is 2.20. The summed E-state index contributed by atoms with van der Waals surface area (Å²) in [5, 5.41) is 4.81. The van der Waals surface area contributed by atoms with Crippen LogP contribution in [0.1, 0.15) is 32.0 Å². The molecule has 6 heteroatoms. The third kappa shape index (κ3) is 2.86. The Morgan fingerprint density at radius 3 is 3.09 bits per heavy atom. The Labute approximate surface area is 142 Å². The van der Waals surface area contributed by atoms with Gasteiger partial charge < -0.3 is 4.98 Å². The predicted octanol–water partition coefficient (Wildman–Crippen LogP) is 4.09. The topological polar surface area (TPSA) is 49.0 Å². The van der Waals surface area contributed by atoms with Crippen LogP contribution in [0.3, 0.4) is 0 Å². The molecular weight excluding hydrogens is 326 g/mol. The Morgan fingerprint density at radius 1 is 1.39 bits per heavy atom. The lowest BCUT2D eigenvalue weighted by Crippen LogP contribution is -2.37. The van der Waals surface area contributed by atoms with Gasteiger partial charge in [0.25, 0.3) is 5.56 Å². The molecule has 1 saturated heterocycles. The third-order valence-electron chi connectivity index (χ3n) is 4.57. The van der Waals surface area contributed by atoms with Crippen LogP contribution in [0, 0.1) is 0 Å². The molecule has 0 unspecified atom stereocenters. The molecule has 1 aliphatic heterocycles. The fourth-order valence-corrected chi connectivity index (χ4v) is 5.05. The summed E-state index contributed by atoms with van der Waals surface area (Å²) < 4.78 is 0. The molecule has 0 saturated carbocycles. The standard InChI is InChI=1S/C17H19N3OS2/c1-11-5-2-3-7-20(11)9-14-18-16(21)15-12(10-23-17(15)19-14)13-6-4-8-22-13/h4,6,8,10-11H,2-3,5,7,9H2,1H3,(H,18,19,21)/t11-/m0/s1. The Balaban J connectivity index is 1.70. The maximum Gasteiger partial charge on any atom is 0.260 e. The molecule has 3 aromatic heterocycles. The van der Waals surface area contributed by atoms with E-state index in [4.69, 9.17) is 4.98 Å². The van der Waals surface area contributed by atoms with Gasteiger partial charge in [0, 0.05) is 21.9 Å². The molecule has 0 aliphatic carbocycles. The number of H-pyrrole nitrogens is 1. The quantitative estimate of drug-likeness (QED) is 0.778. The average molecular weight is 345 g/mol. The van der Waals surface area contributed by atoms with E-state index < -0.39 is 0 Å². The Morgan fingerprint density at radius 2 is 2.30 bits per heavy atom. The zero-order valence-electron chi connectivity index (χ0n) is 13.0. The van der Waals surface area contributed by atoms with Crippen molar-refractivity contribution in [2.45, 2.75) is 38.8 Å². The van der Waals surface area contributed by atoms with E-state index in [1.807, 2.05) is 16.8 Å². The Kier molecular flexibility index (Phi) is 4.05. The normalized spacial score (nSPS) is 19.4. The summed E-state index contributed by atoms with van der Waals surface area (Å²) >= 11 is 3.22. The van der Waals surface area contributed by atoms with Crippen molar-refractivity contribution in [2.24, 2.45) is 0 Å². The van der Waals surface area contributed by atoms with Gasteiger partial charge in [-0.3, -0.25) is 9.69 Å². The van der Waals surface area contributed by atoms with Crippen LogP contribution in [0.15, 0.2) is 27.7 Å². The highest BCUT2D eigenvalue weighted by atomic mass is 32.1. The summed E-state index contributed by atoms with van der Waals surface area (Å²) in [6.45, 7) is 4.09. The van der Waals surface area contributed by atoms with Crippen molar-refractivity contribution < 1.29 is 0 Å². The SMILES string of the molecule is C[C@H]1CCCCN1Cc1nc2scc(-c3cccs3)c2c(=O)[nH]1. The third-order valence-corrected chi connectivity index (χ3v) is 6.35. The second-order valence-electron chi connectivity index (χ2n) is 6.13. The maximum absolute atomic E-state index is 12.6. The number of likely N-dealkylation sites (tertiary alicyclic amines) is 1. The summed E-state index contributed by atoms with van der Waals surface area (Å²) in [5.41, 5.74) is 0.992. The molecule has 1 N–H and O–H groups in total. The van der Waals surface area contributed by atoms with Gasteiger partial charge in [0.05, 0.1) is 11.9 Å². The lowest BCUT2D eigenvalue weighted by Gasteiger charge is -2.32. The average Bonchev–Trinajstić information content (AvgIpc) is 3.18. The van der Waals surface area contributed by atoms with Crippen molar-refractivity contribution in [3.8, 4) is 10.4 Å². The van der Waals surface area contributed by atoms with Gasteiger partial charge in [-0.1, -0.05) is 12.5 Å². The zero-order chi connectivity index (χ0) is 15.8. The Bertz CT molecular complexity index is 866. The largest absolute Gasteiger partial charge is 0.309 e. The molecule has 0 radical (unpaired) electrons. The van der Waals surface area contributed by atoms with E-state index in [1.165, 1.54) is 19.3 Å². The molecule has 23 heavy (non-hydrogen) atoms. The minimum Gasteiger partial charge on any atom is -0.309 e. The number of rotatable bonds is 3. The highest BCUT2D eigenvalue weighted by molar-refractivity contribution is 7.18. The molecule has 4 nitrogen and oxygen atoms in total. The lowest BCUT2D eigenvalue weighted by atomic mass is 10.0. The van der Waals surface area contributed by atoms with Crippen LogP contribution in [0.5, 0.6) is 0 Å². The van der Waals surface area contributed by atoms with E-state index in [1.54, 1.807) is 22.7 Å². The highest BCUT2D eigenvalue weighted by Crippen LogP contribution is 2.33. The maximum atomic E-state index is 12.6. The van der Waals surface area contributed by atoms with Crippen molar-refractivity contribution in [1.82, 2.24) is 14.9 Å². The van der Waals surface area contributed by atoms with Crippen LogP contribution in [-0.4, -0.2) is 27.5 Å². The fraction of sp³-hybridized carbons (Fsp3) is 0.412. The molecular formula is C17H19N3OS2. The number of hydrogen-bond acceptors (Lipinski definition) is 5. The van der Waals surface area contributed by atoms with E-state index in [2.05, 4.69) is 22.9 Å². The lowest BCUT2D eigenvalue weighted by molar-refractivity contribution is 0.149. The first-order valence-corrected chi connectivity index (χ1v) is 9.76. The van der Waals surface area contributed by atoms with Crippen LogP contribution in [0.4, 0.5) is 0 Å². The smallest absolute Gasteiger partial charge is 0.260 e. The molecule has 4 heterocycles. The minimum atomic E-state index is -0.0145. The predicted molar refractivity (Wildman–Crippen MR) is 97.3 cm³/mol. The van der Waals surface area contributed by atoms with Gasteiger partial charge >= 0.3 is 0 Å². The first-order chi connectivity index (χ1) is 11.2. The second kappa shape index (κ2) is 6.19. The van der Waals surface area contributed by atoms with E-state index >= 15 is 0 Å². The molecule has 120 valence electrons. The summed E-state index contributed by atoms with van der Waals surface area (Å²) in [6.07, 6.45) is 3.77. The summed E-state index contributed by atoms with van der Waals surface area (Å²) in [4.78, 5) is 24.7. The molecule has 3 aromatic rings. The van der Waals surface area contributed by atoms with Crippen LogP contribution >= 0.6 is 22.7 Å². The summed E-state index contributed by atoms with van der Waals surface area (Å²) in [5.74, 6) is 0.788. The van der Waals surface area contributed by atoms with Crippen LogP contribution in [0.25, 0.3) is 20.7 Å². The van der Waals surface area contributed by atoms with Gasteiger partial charge in [0.2, 0.25) is 0 Å². The van der Waals surface area contributed by atoms with Gasteiger partial charge in [-0.15, -0.1) is 22.7 Å². The van der Waals surface area contributed by atoms with E-state index in [9.17, 15) is 4.79 Å². The van der Waals surface area contributed by atoms with Crippen molar-refractivity contribution in [1.29, 1.82) is 0 Å². The first-order valence-electron chi connectivity index (χ1n) is 8.00. The van der Waals surface area contributed by atoms with Gasteiger partial charge in [0.1, 0.15) is 10.7 Å². The molecule has 4 rings (SSSR count). The second-order valence-corrected chi connectivity index (χ2v) is 7.94. The Hall–Kier alpha value is -1.50. The van der Waals surface area contributed by atoms with Crippen LogP contribution in [0.2, 0.25) is 0 Å². The van der Waals surface area contributed by atoms with E-state index in [-0.39, 0.29) is 5.56 Å². The number of thiophene rings is 2. The molecule has 0 bridgehead atoms. The number of nitrogens with zero attached hydrogens (tertiary/aromatic N) is 2.